The second-order valence-electron chi connectivity index (χ2n) is 2.31. The highest BCUT2D eigenvalue weighted by molar-refractivity contribution is 5.50. The molecule has 0 aliphatic heterocycles. The zero-order chi connectivity index (χ0) is 7.66. The van der Waals surface area contributed by atoms with Crippen molar-refractivity contribution >= 4 is 6.29 Å². The molecule has 57 valence electrons. The van der Waals surface area contributed by atoms with E-state index in [0.717, 1.165) is 19.3 Å². The van der Waals surface area contributed by atoms with E-state index in [2.05, 4.69) is 12.2 Å². The van der Waals surface area contributed by atoms with Gasteiger partial charge in [-0.2, -0.15) is 0 Å². The molecule has 0 aromatic carbocycles. The van der Waals surface area contributed by atoms with E-state index in [-0.39, 0.29) is 0 Å². The quantitative estimate of drug-likeness (QED) is 0.408. The Balaban J connectivity index is 2.83. The Kier molecular flexibility index (Phi) is 7.91. The van der Waals surface area contributed by atoms with Gasteiger partial charge in [-0.25, -0.2) is 0 Å². The van der Waals surface area contributed by atoms with E-state index < -0.39 is 0 Å². The third-order valence-corrected chi connectivity index (χ3v) is 1.39. The molecule has 1 nitrogen and oxygen atoms in total. The second-order valence-corrected chi connectivity index (χ2v) is 2.31. The van der Waals surface area contributed by atoms with Gasteiger partial charge >= 0.3 is 0 Å². The third-order valence-electron chi connectivity index (χ3n) is 1.39. The highest BCUT2D eigenvalue weighted by Crippen LogP contribution is 2.01. The van der Waals surface area contributed by atoms with E-state index in [9.17, 15) is 4.79 Å². The lowest BCUT2D eigenvalue weighted by molar-refractivity contribution is 0.545. The molecule has 0 aromatic heterocycles. The van der Waals surface area contributed by atoms with E-state index in [1.165, 1.54) is 6.42 Å². The van der Waals surface area contributed by atoms with Crippen LogP contribution in [0.15, 0.2) is 12.2 Å². The molecule has 0 atom stereocenters. The topological polar surface area (TPSA) is 17.1 Å². The lowest BCUT2D eigenvalue weighted by Gasteiger charge is -1.91. The van der Waals surface area contributed by atoms with Crippen LogP contribution in [0.25, 0.3) is 0 Å². The Labute approximate surface area is 63.1 Å². The molecule has 0 amide bonds. The molecule has 0 bridgehead atoms. The Morgan fingerprint density at radius 3 is 2.70 bits per heavy atom. The first-order valence-corrected chi connectivity index (χ1v) is 3.88. The average Bonchev–Trinajstić information content (AvgIpc) is 1.97. The highest BCUT2D eigenvalue weighted by atomic mass is 16.1. The van der Waals surface area contributed by atoms with Gasteiger partial charge in [0.15, 0.2) is 6.29 Å². The summed E-state index contributed by atoms with van der Waals surface area (Å²) in [5.74, 6) is 0. The van der Waals surface area contributed by atoms with Crippen LogP contribution in [-0.4, -0.2) is 6.29 Å². The van der Waals surface area contributed by atoms with Gasteiger partial charge < -0.3 is 0 Å². The minimum absolute atomic E-state index is 0.607. The van der Waals surface area contributed by atoms with Crippen LogP contribution in [0.3, 0.4) is 0 Å². The SMILES string of the molecule is C/C=C/CCCCC[C]=O. The standard InChI is InChI=1S/C9H15O/c1-2-3-4-5-6-7-8-9-10/h2-3H,4-8H2,1H3/b3-2+. The van der Waals surface area contributed by atoms with Crippen LogP contribution in [0.4, 0.5) is 0 Å². The number of hydrogen-bond acceptors (Lipinski definition) is 1. The fourth-order valence-electron chi connectivity index (χ4n) is 0.803. The molecule has 0 aliphatic carbocycles. The summed E-state index contributed by atoms with van der Waals surface area (Å²) in [5, 5.41) is 0. The zero-order valence-corrected chi connectivity index (χ0v) is 6.60. The van der Waals surface area contributed by atoms with Crippen LogP contribution in [0.1, 0.15) is 39.0 Å². The Bertz CT molecular complexity index is 94.9. The van der Waals surface area contributed by atoms with E-state index >= 15 is 0 Å². The molecule has 0 spiro atoms. The predicted molar refractivity (Wildman–Crippen MR) is 43.6 cm³/mol. The molecule has 1 heteroatoms. The molecule has 0 N–H and O–H groups in total. The average molecular weight is 139 g/mol. The van der Waals surface area contributed by atoms with Crippen LogP contribution in [-0.2, 0) is 4.79 Å². The van der Waals surface area contributed by atoms with Gasteiger partial charge in [-0.3, -0.25) is 4.79 Å². The van der Waals surface area contributed by atoms with Gasteiger partial charge in [0.1, 0.15) is 0 Å². The van der Waals surface area contributed by atoms with Crippen molar-refractivity contribution in [2.75, 3.05) is 0 Å². The van der Waals surface area contributed by atoms with E-state index in [1.807, 2.05) is 13.2 Å². The first-order valence-electron chi connectivity index (χ1n) is 3.88. The van der Waals surface area contributed by atoms with Crippen molar-refractivity contribution in [2.24, 2.45) is 0 Å². The zero-order valence-electron chi connectivity index (χ0n) is 6.60. The number of hydrogen-bond donors (Lipinski definition) is 0. The van der Waals surface area contributed by atoms with Crippen LogP contribution >= 0.6 is 0 Å². The predicted octanol–water partition coefficient (Wildman–Crippen LogP) is 2.62. The summed E-state index contributed by atoms with van der Waals surface area (Å²) in [7, 11) is 0. The van der Waals surface area contributed by atoms with Gasteiger partial charge in [-0.05, 0) is 26.2 Å². The lowest BCUT2D eigenvalue weighted by Crippen LogP contribution is -1.77. The largest absolute Gasteiger partial charge is 0.291 e. The summed E-state index contributed by atoms with van der Waals surface area (Å²) in [6, 6.07) is 0. The fraction of sp³-hybridized carbons (Fsp3) is 0.667. The van der Waals surface area contributed by atoms with Crippen molar-refractivity contribution in [3.8, 4) is 0 Å². The molecule has 0 aliphatic rings. The number of unbranched alkanes of at least 4 members (excludes halogenated alkanes) is 4. The maximum atomic E-state index is 9.75. The molecule has 10 heavy (non-hydrogen) atoms. The summed E-state index contributed by atoms with van der Waals surface area (Å²) in [6.07, 6.45) is 11.2. The maximum absolute atomic E-state index is 9.75. The van der Waals surface area contributed by atoms with Gasteiger partial charge in [0, 0.05) is 6.42 Å². The van der Waals surface area contributed by atoms with Crippen molar-refractivity contribution < 1.29 is 4.79 Å². The first-order chi connectivity index (χ1) is 4.91. The maximum Gasteiger partial charge on any atom is 0.198 e. The van der Waals surface area contributed by atoms with Crippen molar-refractivity contribution in [1.29, 1.82) is 0 Å². The molecule has 0 unspecified atom stereocenters. The van der Waals surface area contributed by atoms with E-state index in [4.69, 9.17) is 0 Å². The molecular formula is C9H15O. The Morgan fingerprint density at radius 2 is 2.10 bits per heavy atom. The van der Waals surface area contributed by atoms with Gasteiger partial charge in [-0.15, -0.1) is 0 Å². The van der Waals surface area contributed by atoms with Crippen molar-refractivity contribution in [2.45, 2.75) is 39.0 Å². The van der Waals surface area contributed by atoms with Gasteiger partial charge in [-0.1, -0.05) is 18.6 Å². The third kappa shape index (κ3) is 7.41. The molecule has 0 aromatic rings. The monoisotopic (exact) mass is 139 g/mol. The normalized spacial score (nSPS) is 10.5. The summed E-state index contributed by atoms with van der Waals surface area (Å²) in [6.45, 7) is 2.03. The summed E-state index contributed by atoms with van der Waals surface area (Å²) < 4.78 is 0. The van der Waals surface area contributed by atoms with Crippen molar-refractivity contribution in [1.82, 2.24) is 0 Å². The molecule has 0 saturated heterocycles. The summed E-state index contributed by atoms with van der Waals surface area (Å²) in [5.41, 5.74) is 0. The van der Waals surface area contributed by atoms with Gasteiger partial charge in [0.05, 0.1) is 0 Å². The molecule has 1 radical (unpaired) electrons. The molecule has 0 saturated carbocycles. The van der Waals surface area contributed by atoms with Crippen molar-refractivity contribution in [3.63, 3.8) is 0 Å². The minimum atomic E-state index is 0.607. The fourth-order valence-corrected chi connectivity index (χ4v) is 0.803. The highest BCUT2D eigenvalue weighted by Gasteiger charge is 1.85. The molecule has 0 heterocycles. The van der Waals surface area contributed by atoms with Gasteiger partial charge in [0.25, 0.3) is 0 Å². The van der Waals surface area contributed by atoms with Crippen LogP contribution in [0, 0.1) is 0 Å². The smallest absolute Gasteiger partial charge is 0.198 e. The first kappa shape index (κ1) is 9.41. The number of rotatable bonds is 6. The molecule has 0 rings (SSSR count). The molecule has 0 fully saturated rings. The van der Waals surface area contributed by atoms with Gasteiger partial charge in [0.2, 0.25) is 0 Å². The molecular weight excluding hydrogens is 124 g/mol. The van der Waals surface area contributed by atoms with Crippen LogP contribution in [0.5, 0.6) is 0 Å². The number of allylic oxidation sites excluding steroid dienone is 2. The van der Waals surface area contributed by atoms with Crippen molar-refractivity contribution in [3.05, 3.63) is 12.2 Å². The Morgan fingerprint density at radius 1 is 1.30 bits per heavy atom. The second kappa shape index (κ2) is 8.41. The van der Waals surface area contributed by atoms with E-state index in [0.29, 0.717) is 6.42 Å². The van der Waals surface area contributed by atoms with Crippen LogP contribution in [0.2, 0.25) is 0 Å². The van der Waals surface area contributed by atoms with Crippen LogP contribution < -0.4 is 0 Å². The Hall–Kier alpha value is -0.590. The summed E-state index contributed by atoms with van der Waals surface area (Å²) >= 11 is 0. The minimum Gasteiger partial charge on any atom is -0.291 e. The lowest BCUT2D eigenvalue weighted by atomic mass is 10.1. The number of carbonyl (C=O) groups excluding carboxylic acids is 1. The van der Waals surface area contributed by atoms with E-state index in [1.54, 1.807) is 0 Å². The summed E-state index contributed by atoms with van der Waals surface area (Å²) in [4.78, 5) is 9.75.